The number of unbranched alkanes of at least 4 members (excludes halogenated alkanes) is 5. The van der Waals surface area contributed by atoms with Crippen LogP contribution in [0.15, 0.2) is 12.3 Å². The van der Waals surface area contributed by atoms with Gasteiger partial charge in [0.2, 0.25) is 5.91 Å². The molecular formula is C32H64N6O2. The number of nitrogens with two attached hydrogens (primary N) is 2. The van der Waals surface area contributed by atoms with Crippen LogP contribution < -0.4 is 32.7 Å². The average molecular weight is 565 g/mol. The maximum Gasteiger partial charge on any atom is 0.243 e. The molecule has 40 heavy (non-hydrogen) atoms. The monoisotopic (exact) mass is 565 g/mol. The summed E-state index contributed by atoms with van der Waals surface area (Å²) in [5, 5.41) is 13.4. The van der Waals surface area contributed by atoms with E-state index in [-0.39, 0.29) is 18.2 Å². The first-order chi connectivity index (χ1) is 19.5. The maximum atomic E-state index is 13.3. The quantitative estimate of drug-likeness (QED) is 0.0956. The molecule has 8 heteroatoms. The summed E-state index contributed by atoms with van der Waals surface area (Å²) in [5.41, 5.74) is 12.3. The summed E-state index contributed by atoms with van der Waals surface area (Å²) in [5.74, 6) is -0.124. The first-order valence-electron chi connectivity index (χ1n) is 16.6. The van der Waals surface area contributed by atoms with Crippen molar-refractivity contribution in [1.29, 1.82) is 0 Å². The van der Waals surface area contributed by atoms with Gasteiger partial charge < -0.3 is 32.7 Å². The standard InChI is InChI=1S/C32H64N6O2/c1-3-4-5-8-11-17-27(2)37-30(20-14-15-22-33)32(40)38-29(21-16-23-34)31(39)26-35-24-25-36-28-18-12-9-6-7-10-13-19-28/h28-30,35-37H,2-26,33-34H2,1H3,(H,38,40). The maximum absolute atomic E-state index is 13.3. The van der Waals surface area contributed by atoms with E-state index >= 15 is 0 Å². The second kappa shape index (κ2) is 25.2. The van der Waals surface area contributed by atoms with E-state index in [9.17, 15) is 9.59 Å². The lowest BCUT2D eigenvalue weighted by molar-refractivity contribution is -0.128. The Morgan fingerprint density at radius 2 is 1.43 bits per heavy atom. The van der Waals surface area contributed by atoms with Crippen molar-refractivity contribution in [1.82, 2.24) is 21.3 Å². The van der Waals surface area contributed by atoms with E-state index in [0.29, 0.717) is 38.4 Å². The number of carbonyl (C=O) groups excluding carboxylic acids is 2. The van der Waals surface area contributed by atoms with Crippen LogP contribution in [-0.4, -0.2) is 62.5 Å². The zero-order valence-corrected chi connectivity index (χ0v) is 25.9. The molecule has 1 aliphatic rings. The number of hydrogen-bond donors (Lipinski definition) is 6. The summed E-state index contributed by atoms with van der Waals surface area (Å²) >= 11 is 0. The third kappa shape index (κ3) is 18.8. The van der Waals surface area contributed by atoms with Crippen molar-refractivity contribution in [3.05, 3.63) is 12.3 Å². The Morgan fingerprint density at radius 3 is 2.10 bits per heavy atom. The molecule has 1 amide bonds. The van der Waals surface area contributed by atoms with Gasteiger partial charge in [-0.05, 0) is 70.9 Å². The lowest BCUT2D eigenvalue weighted by atomic mass is 10.0. The summed E-state index contributed by atoms with van der Waals surface area (Å²) in [6.07, 6.45) is 21.0. The topological polar surface area (TPSA) is 134 Å². The van der Waals surface area contributed by atoms with Gasteiger partial charge in [-0.3, -0.25) is 9.59 Å². The van der Waals surface area contributed by atoms with E-state index in [1.807, 2.05) is 0 Å². The van der Waals surface area contributed by atoms with Crippen LogP contribution >= 0.6 is 0 Å². The molecule has 2 atom stereocenters. The predicted octanol–water partition coefficient (Wildman–Crippen LogP) is 4.42. The van der Waals surface area contributed by atoms with Crippen molar-refractivity contribution in [2.75, 3.05) is 32.7 Å². The highest BCUT2D eigenvalue weighted by Crippen LogP contribution is 2.17. The molecule has 0 radical (unpaired) electrons. The van der Waals surface area contributed by atoms with E-state index in [1.165, 1.54) is 77.0 Å². The Bertz CT molecular complexity index is 649. The Hall–Kier alpha value is -1.48. The van der Waals surface area contributed by atoms with Crippen LogP contribution in [0.1, 0.15) is 129 Å². The zero-order valence-electron chi connectivity index (χ0n) is 25.9. The number of amides is 1. The molecule has 0 bridgehead atoms. The van der Waals surface area contributed by atoms with Crippen molar-refractivity contribution in [3.63, 3.8) is 0 Å². The van der Waals surface area contributed by atoms with E-state index in [2.05, 4.69) is 34.8 Å². The SMILES string of the molecule is C=C(CCCCCCC)NC(CCCCN)C(=O)NC(CCCN)C(=O)CNCCNC1CCCCCCCC1. The van der Waals surface area contributed by atoms with Crippen LogP contribution in [0, 0.1) is 0 Å². The summed E-state index contributed by atoms with van der Waals surface area (Å²) in [4.78, 5) is 26.4. The summed E-state index contributed by atoms with van der Waals surface area (Å²) in [6, 6.07) is -0.359. The van der Waals surface area contributed by atoms with Gasteiger partial charge in [0.25, 0.3) is 0 Å². The van der Waals surface area contributed by atoms with Crippen molar-refractivity contribution >= 4 is 11.7 Å². The van der Waals surface area contributed by atoms with Crippen LogP contribution in [0.2, 0.25) is 0 Å². The van der Waals surface area contributed by atoms with E-state index in [4.69, 9.17) is 11.5 Å². The van der Waals surface area contributed by atoms with Gasteiger partial charge in [0.1, 0.15) is 6.04 Å². The number of carbonyl (C=O) groups is 2. The fourth-order valence-electron chi connectivity index (χ4n) is 5.47. The highest BCUT2D eigenvalue weighted by Gasteiger charge is 2.25. The molecule has 2 unspecified atom stereocenters. The number of allylic oxidation sites excluding steroid dienone is 1. The molecule has 234 valence electrons. The van der Waals surface area contributed by atoms with E-state index in [0.717, 1.165) is 44.5 Å². The highest BCUT2D eigenvalue weighted by atomic mass is 16.2. The minimum Gasteiger partial charge on any atom is -0.378 e. The zero-order chi connectivity index (χ0) is 29.3. The number of rotatable bonds is 24. The van der Waals surface area contributed by atoms with Gasteiger partial charge in [-0.1, -0.05) is 77.7 Å². The lowest BCUT2D eigenvalue weighted by Crippen LogP contribution is -2.51. The molecule has 0 aromatic carbocycles. The van der Waals surface area contributed by atoms with Crippen LogP contribution in [0.4, 0.5) is 0 Å². The molecule has 0 saturated heterocycles. The summed E-state index contributed by atoms with van der Waals surface area (Å²) in [6.45, 7) is 9.32. The first-order valence-corrected chi connectivity index (χ1v) is 16.6. The largest absolute Gasteiger partial charge is 0.378 e. The van der Waals surface area contributed by atoms with Crippen LogP contribution in [0.3, 0.4) is 0 Å². The normalized spacial score (nSPS) is 16.4. The van der Waals surface area contributed by atoms with Crippen molar-refractivity contribution in [3.8, 4) is 0 Å². The van der Waals surface area contributed by atoms with Gasteiger partial charge in [0, 0.05) is 24.8 Å². The van der Waals surface area contributed by atoms with Crippen molar-refractivity contribution < 1.29 is 9.59 Å². The molecule has 1 aliphatic carbocycles. The molecule has 1 saturated carbocycles. The molecule has 0 aromatic heterocycles. The van der Waals surface area contributed by atoms with Gasteiger partial charge in [0.15, 0.2) is 5.78 Å². The number of ketones is 1. The van der Waals surface area contributed by atoms with E-state index < -0.39 is 12.1 Å². The Morgan fingerprint density at radius 1 is 0.775 bits per heavy atom. The van der Waals surface area contributed by atoms with Gasteiger partial charge >= 0.3 is 0 Å². The van der Waals surface area contributed by atoms with Gasteiger partial charge in [-0.15, -0.1) is 0 Å². The van der Waals surface area contributed by atoms with Crippen LogP contribution in [-0.2, 0) is 9.59 Å². The molecule has 1 fully saturated rings. The van der Waals surface area contributed by atoms with Crippen molar-refractivity contribution in [2.24, 2.45) is 11.5 Å². The van der Waals surface area contributed by atoms with Gasteiger partial charge in [-0.2, -0.15) is 0 Å². The second-order valence-corrected chi connectivity index (χ2v) is 11.7. The molecular weight excluding hydrogens is 500 g/mol. The smallest absolute Gasteiger partial charge is 0.243 e. The fourth-order valence-corrected chi connectivity index (χ4v) is 5.47. The Balaban J connectivity index is 2.54. The molecule has 1 rings (SSSR count). The minimum absolute atomic E-state index is 0.0136. The first kappa shape index (κ1) is 36.5. The number of nitrogens with one attached hydrogen (secondary N) is 4. The third-order valence-electron chi connectivity index (χ3n) is 8.02. The molecule has 8 N–H and O–H groups in total. The third-order valence-corrected chi connectivity index (χ3v) is 8.02. The molecule has 0 aromatic rings. The van der Waals surface area contributed by atoms with Crippen LogP contribution in [0.5, 0.6) is 0 Å². The van der Waals surface area contributed by atoms with Gasteiger partial charge in [-0.25, -0.2) is 0 Å². The lowest BCUT2D eigenvalue weighted by Gasteiger charge is -2.25. The van der Waals surface area contributed by atoms with E-state index in [1.54, 1.807) is 0 Å². The molecule has 8 nitrogen and oxygen atoms in total. The molecule has 0 spiro atoms. The highest BCUT2D eigenvalue weighted by molar-refractivity contribution is 5.92. The number of Topliss-reactive ketones (excluding diaryl/α,β-unsaturated/α-hetero) is 1. The number of hydrogen-bond acceptors (Lipinski definition) is 7. The second-order valence-electron chi connectivity index (χ2n) is 11.7. The summed E-state index contributed by atoms with van der Waals surface area (Å²) in [7, 11) is 0. The Labute approximate surface area is 246 Å². The molecule has 0 aliphatic heterocycles. The average Bonchev–Trinajstić information content (AvgIpc) is 3.08. The fraction of sp³-hybridized carbons (Fsp3) is 0.875. The Kier molecular flexibility index (Phi) is 23.1. The van der Waals surface area contributed by atoms with Crippen LogP contribution in [0.25, 0.3) is 0 Å². The minimum atomic E-state index is -0.535. The van der Waals surface area contributed by atoms with Gasteiger partial charge in [0.05, 0.1) is 12.6 Å². The predicted molar refractivity (Wildman–Crippen MR) is 169 cm³/mol. The van der Waals surface area contributed by atoms with Crippen molar-refractivity contribution in [2.45, 2.75) is 147 Å². The summed E-state index contributed by atoms with van der Waals surface area (Å²) < 4.78 is 0. The molecule has 0 heterocycles.